The predicted molar refractivity (Wildman–Crippen MR) is 140 cm³/mol. The lowest BCUT2D eigenvalue weighted by Crippen LogP contribution is -2.46. The van der Waals surface area contributed by atoms with Crippen molar-refractivity contribution in [2.24, 2.45) is 5.92 Å². The van der Waals surface area contributed by atoms with E-state index in [2.05, 4.69) is 12.2 Å². The summed E-state index contributed by atoms with van der Waals surface area (Å²) in [7, 11) is 0. The van der Waals surface area contributed by atoms with Crippen LogP contribution < -0.4 is 4.74 Å². The third kappa shape index (κ3) is 4.24. The molecule has 0 saturated heterocycles. The number of hydrogen-bond acceptors (Lipinski definition) is 3. The van der Waals surface area contributed by atoms with E-state index in [4.69, 9.17) is 4.74 Å². The number of allylic oxidation sites excluding steroid dienone is 1. The average molecular weight is 534 g/mol. The molecular weight excluding hydrogens is 510 g/mol. The fraction of sp³-hybridized carbons (Fsp3) is 0.226. The van der Waals surface area contributed by atoms with Gasteiger partial charge in [-0.15, -0.1) is 0 Å². The van der Waals surface area contributed by atoms with Crippen LogP contribution in [-0.4, -0.2) is 4.92 Å². The average Bonchev–Trinajstić information content (AvgIpc) is 2.92. The molecule has 4 aromatic rings. The molecule has 0 bridgehead atoms. The summed E-state index contributed by atoms with van der Waals surface area (Å²) in [4.78, 5) is 10.7. The second kappa shape index (κ2) is 9.22. The molecule has 0 radical (unpaired) electrons. The smallest absolute Gasteiger partial charge is 0.419 e. The van der Waals surface area contributed by atoms with Crippen molar-refractivity contribution in [3.05, 3.63) is 123 Å². The Kier molecular flexibility index (Phi) is 5.93. The van der Waals surface area contributed by atoms with Gasteiger partial charge in [-0.25, -0.2) is 4.39 Å². The fourth-order valence-electron chi connectivity index (χ4n) is 6.30. The molecular formula is C31H23F4NO3. The zero-order chi connectivity index (χ0) is 27.4. The van der Waals surface area contributed by atoms with E-state index in [1.807, 2.05) is 36.4 Å². The van der Waals surface area contributed by atoms with Crippen molar-refractivity contribution in [2.75, 3.05) is 0 Å². The molecule has 0 spiro atoms. The van der Waals surface area contributed by atoms with Crippen LogP contribution in [-0.2, 0) is 11.8 Å². The molecule has 8 heteroatoms. The van der Waals surface area contributed by atoms with E-state index in [0.717, 1.165) is 40.5 Å². The lowest BCUT2D eigenvalue weighted by Gasteiger charge is -2.49. The molecule has 4 aromatic carbocycles. The van der Waals surface area contributed by atoms with Gasteiger partial charge in [0.05, 0.1) is 10.5 Å². The van der Waals surface area contributed by atoms with Gasteiger partial charge in [0.1, 0.15) is 17.2 Å². The quantitative estimate of drug-likeness (QED) is 0.150. The number of hydrogen-bond donors (Lipinski definition) is 0. The van der Waals surface area contributed by atoms with Crippen molar-refractivity contribution in [3.63, 3.8) is 0 Å². The Morgan fingerprint density at radius 3 is 2.46 bits per heavy atom. The van der Waals surface area contributed by atoms with E-state index in [9.17, 15) is 23.3 Å². The van der Waals surface area contributed by atoms with E-state index in [1.54, 1.807) is 0 Å². The number of nitro benzene ring substituents is 1. The Labute approximate surface area is 221 Å². The molecule has 3 unspecified atom stereocenters. The van der Waals surface area contributed by atoms with Crippen molar-refractivity contribution < 1.29 is 27.2 Å². The Bertz CT molecular complexity index is 1610. The first-order valence-electron chi connectivity index (χ1n) is 12.7. The van der Waals surface area contributed by atoms with Crippen LogP contribution in [0, 0.1) is 21.8 Å². The van der Waals surface area contributed by atoms with Crippen molar-refractivity contribution in [3.8, 4) is 5.75 Å². The number of fused-ring (bicyclic) bond motifs is 5. The third-order valence-corrected chi connectivity index (χ3v) is 7.98. The molecule has 0 aliphatic heterocycles. The van der Waals surface area contributed by atoms with Crippen LogP contribution in [0.4, 0.5) is 23.2 Å². The van der Waals surface area contributed by atoms with E-state index in [1.165, 1.54) is 30.3 Å². The zero-order valence-corrected chi connectivity index (χ0v) is 20.6. The number of benzene rings is 4. The summed E-state index contributed by atoms with van der Waals surface area (Å²) in [5.74, 6) is -1.38. The Hall–Kier alpha value is -4.20. The van der Waals surface area contributed by atoms with Crippen molar-refractivity contribution in [2.45, 2.75) is 37.0 Å². The largest absolute Gasteiger partial charge is 0.482 e. The summed E-state index contributed by atoms with van der Waals surface area (Å²) < 4.78 is 62.0. The lowest BCUT2D eigenvalue weighted by molar-refractivity contribution is -0.384. The number of nitrogens with zero attached hydrogens (tertiary/aromatic N) is 1. The summed E-state index contributed by atoms with van der Waals surface area (Å²) >= 11 is 0. The highest BCUT2D eigenvalue weighted by atomic mass is 19.4. The first-order valence-corrected chi connectivity index (χ1v) is 12.7. The highest BCUT2D eigenvalue weighted by molar-refractivity contribution is 5.93. The van der Waals surface area contributed by atoms with Gasteiger partial charge in [-0.2, -0.15) is 13.2 Å². The first-order chi connectivity index (χ1) is 18.7. The maximum Gasteiger partial charge on any atom is 0.419 e. The standard InChI is InChI=1S/C31H23F4NO3/c32-28-18-21(9-16-27(28)31(33,34)35)30(39-23-12-10-22(11-13-23)36(37)38)17-3-5-20-8-14-25-24-6-2-1-4-19(24)7-15-26(25)29(20)30/h1-2,4,6-16,18,20,29H,3,5,17H2. The van der Waals surface area contributed by atoms with Crippen LogP contribution in [0.1, 0.15) is 47.4 Å². The maximum atomic E-state index is 15.0. The molecule has 0 aromatic heterocycles. The Morgan fingerprint density at radius 2 is 1.74 bits per heavy atom. The monoisotopic (exact) mass is 533 g/mol. The summed E-state index contributed by atoms with van der Waals surface area (Å²) in [6, 6.07) is 20.6. The molecule has 4 nitrogen and oxygen atoms in total. The van der Waals surface area contributed by atoms with Gasteiger partial charge >= 0.3 is 6.18 Å². The van der Waals surface area contributed by atoms with E-state index >= 15 is 4.39 Å². The highest BCUT2D eigenvalue weighted by Crippen LogP contribution is 2.56. The fourth-order valence-corrected chi connectivity index (χ4v) is 6.30. The van der Waals surface area contributed by atoms with Gasteiger partial charge in [0.15, 0.2) is 0 Å². The number of rotatable bonds is 4. The topological polar surface area (TPSA) is 52.4 Å². The number of alkyl halides is 3. The zero-order valence-electron chi connectivity index (χ0n) is 20.6. The Morgan fingerprint density at radius 1 is 0.974 bits per heavy atom. The maximum absolute atomic E-state index is 15.0. The predicted octanol–water partition coefficient (Wildman–Crippen LogP) is 8.79. The number of nitro groups is 1. The van der Waals surface area contributed by atoms with E-state index < -0.39 is 28.1 Å². The van der Waals surface area contributed by atoms with Crippen LogP contribution >= 0.6 is 0 Å². The number of non-ortho nitro benzene ring substituents is 1. The minimum Gasteiger partial charge on any atom is -0.482 e. The molecule has 198 valence electrons. The van der Waals surface area contributed by atoms with Gasteiger partial charge in [0, 0.05) is 18.1 Å². The molecule has 1 saturated carbocycles. The minimum absolute atomic E-state index is 0.00388. The van der Waals surface area contributed by atoms with Crippen molar-refractivity contribution >= 4 is 22.5 Å². The molecule has 3 atom stereocenters. The molecule has 2 aliphatic rings. The van der Waals surface area contributed by atoms with Crippen molar-refractivity contribution in [1.82, 2.24) is 0 Å². The molecule has 1 fully saturated rings. The summed E-state index contributed by atoms with van der Waals surface area (Å²) in [6.07, 6.45) is 1.34. The first kappa shape index (κ1) is 25.1. The molecule has 0 amide bonds. The summed E-state index contributed by atoms with van der Waals surface area (Å²) in [5.41, 5.74) is -0.389. The molecule has 2 aliphatic carbocycles. The van der Waals surface area contributed by atoms with Gasteiger partial charge < -0.3 is 4.74 Å². The van der Waals surface area contributed by atoms with Gasteiger partial charge in [-0.1, -0.05) is 54.6 Å². The van der Waals surface area contributed by atoms with E-state index in [0.29, 0.717) is 24.2 Å². The molecule has 6 rings (SSSR count). The van der Waals surface area contributed by atoms with Gasteiger partial charge in [-0.05, 0) is 76.9 Å². The SMILES string of the molecule is O=[N+]([O-])c1ccc(OC2(c3ccc(C(F)(F)F)c(F)c3)CCCC3C=Cc4c(ccc5ccccc45)C32)cc1. The van der Waals surface area contributed by atoms with Gasteiger partial charge in [0.2, 0.25) is 0 Å². The Balaban J connectivity index is 1.56. The minimum atomic E-state index is -4.83. The highest BCUT2D eigenvalue weighted by Gasteiger charge is 2.51. The van der Waals surface area contributed by atoms with Gasteiger partial charge in [-0.3, -0.25) is 10.1 Å². The summed E-state index contributed by atoms with van der Waals surface area (Å²) in [6.45, 7) is 0. The summed E-state index contributed by atoms with van der Waals surface area (Å²) in [5, 5.41) is 13.3. The van der Waals surface area contributed by atoms with Crippen LogP contribution in [0.2, 0.25) is 0 Å². The van der Waals surface area contributed by atoms with E-state index in [-0.39, 0.29) is 17.5 Å². The van der Waals surface area contributed by atoms with Crippen LogP contribution in [0.15, 0.2) is 84.9 Å². The molecule has 0 N–H and O–H groups in total. The molecule has 39 heavy (non-hydrogen) atoms. The second-order valence-electron chi connectivity index (χ2n) is 10.1. The lowest BCUT2D eigenvalue weighted by atomic mass is 9.60. The number of halogens is 4. The van der Waals surface area contributed by atoms with Crippen LogP contribution in [0.3, 0.4) is 0 Å². The van der Waals surface area contributed by atoms with Gasteiger partial charge in [0.25, 0.3) is 5.69 Å². The van der Waals surface area contributed by atoms with Crippen molar-refractivity contribution in [1.29, 1.82) is 0 Å². The third-order valence-electron chi connectivity index (χ3n) is 7.98. The molecule has 0 heterocycles. The van der Waals surface area contributed by atoms with Crippen LogP contribution in [0.25, 0.3) is 16.8 Å². The van der Waals surface area contributed by atoms with Crippen LogP contribution in [0.5, 0.6) is 5.75 Å². The number of ether oxygens (including phenoxy) is 1. The second-order valence-corrected chi connectivity index (χ2v) is 10.1. The normalized spacial score (nSPS) is 22.3.